The molecule has 25 heavy (non-hydrogen) atoms. The summed E-state index contributed by atoms with van der Waals surface area (Å²) in [4.78, 5) is 17.8. The molecule has 0 aliphatic heterocycles. The number of aromatic nitrogens is 1. The van der Waals surface area contributed by atoms with Crippen LogP contribution in [0.3, 0.4) is 0 Å². The Balaban J connectivity index is 1.88. The Labute approximate surface area is 148 Å². The predicted octanol–water partition coefficient (Wildman–Crippen LogP) is 5.29. The average Bonchev–Trinajstić information content (AvgIpc) is 2.98. The fourth-order valence-electron chi connectivity index (χ4n) is 2.43. The lowest BCUT2D eigenvalue weighted by atomic mass is 10.1. The van der Waals surface area contributed by atoms with Crippen LogP contribution in [0.15, 0.2) is 48.5 Å². The van der Waals surface area contributed by atoms with Crippen LogP contribution >= 0.6 is 11.3 Å². The minimum atomic E-state index is -0.467. The number of anilines is 1. The van der Waals surface area contributed by atoms with E-state index < -0.39 is 11.7 Å². The lowest BCUT2D eigenvalue weighted by Gasteiger charge is -2.01. The second-order valence-corrected chi connectivity index (χ2v) is 6.60. The van der Waals surface area contributed by atoms with E-state index in [-0.39, 0.29) is 11.4 Å². The number of benzene rings is 2. The van der Waals surface area contributed by atoms with Crippen LogP contribution in [0.4, 0.5) is 13.9 Å². The van der Waals surface area contributed by atoms with Crippen molar-refractivity contribution in [3.8, 4) is 11.3 Å². The third-order valence-corrected chi connectivity index (χ3v) is 4.63. The van der Waals surface area contributed by atoms with Crippen molar-refractivity contribution in [2.45, 2.75) is 19.8 Å². The fourth-order valence-corrected chi connectivity index (χ4v) is 3.51. The van der Waals surface area contributed by atoms with Crippen molar-refractivity contribution < 1.29 is 13.6 Å². The number of amides is 1. The first-order valence-electron chi connectivity index (χ1n) is 7.89. The topological polar surface area (TPSA) is 42.0 Å². The van der Waals surface area contributed by atoms with Crippen molar-refractivity contribution in [2.75, 3.05) is 5.32 Å². The molecular formula is C19H16F2N2OS. The molecule has 128 valence electrons. The van der Waals surface area contributed by atoms with Crippen LogP contribution in [0.2, 0.25) is 0 Å². The maximum Gasteiger partial charge on any atom is 0.257 e. The molecule has 0 unspecified atom stereocenters. The van der Waals surface area contributed by atoms with Crippen molar-refractivity contribution >= 4 is 22.4 Å². The Morgan fingerprint density at radius 3 is 2.56 bits per heavy atom. The van der Waals surface area contributed by atoms with Gasteiger partial charge in [-0.3, -0.25) is 10.1 Å². The van der Waals surface area contributed by atoms with Gasteiger partial charge in [-0.15, -0.1) is 11.3 Å². The van der Waals surface area contributed by atoms with Gasteiger partial charge in [0.25, 0.3) is 5.91 Å². The molecule has 1 amide bonds. The van der Waals surface area contributed by atoms with Gasteiger partial charge >= 0.3 is 0 Å². The van der Waals surface area contributed by atoms with E-state index in [0.717, 1.165) is 29.0 Å². The lowest BCUT2D eigenvalue weighted by molar-refractivity contribution is 0.102. The van der Waals surface area contributed by atoms with Gasteiger partial charge in [0.15, 0.2) is 5.13 Å². The highest BCUT2D eigenvalue weighted by Gasteiger charge is 2.15. The zero-order chi connectivity index (χ0) is 17.8. The monoisotopic (exact) mass is 358 g/mol. The maximum atomic E-state index is 13.3. The molecular weight excluding hydrogens is 342 g/mol. The Morgan fingerprint density at radius 1 is 1.12 bits per heavy atom. The van der Waals surface area contributed by atoms with E-state index in [1.165, 1.54) is 41.7 Å². The highest BCUT2D eigenvalue weighted by Crippen LogP contribution is 2.32. The van der Waals surface area contributed by atoms with Crippen molar-refractivity contribution in [1.29, 1.82) is 0 Å². The number of hydrogen-bond donors (Lipinski definition) is 1. The zero-order valence-corrected chi connectivity index (χ0v) is 14.4. The van der Waals surface area contributed by atoms with Crippen LogP contribution in [-0.2, 0) is 6.42 Å². The van der Waals surface area contributed by atoms with E-state index in [9.17, 15) is 13.6 Å². The highest BCUT2D eigenvalue weighted by atomic mass is 32.1. The molecule has 0 saturated carbocycles. The third kappa shape index (κ3) is 4.09. The summed E-state index contributed by atoms with van der Waals surface area (Å²) in [6.45, 7) is 2.05. The number of thiazole rings is 1. The van der Waals surface area contributed by atoms with Crippen LogP contribution in [-0.4, -0.2) is 10.9 Å². The average molecular weight is 358 g/mol. The van der Waals surface area contributed by atoms with Crippen LogP contribution < -0.4 is 5.32 Å². The minimum absolute atomic E-state index is 0.232. The molecule has 0 radical (unpaired) electrons. The van der Waals surface area contributed by atoms with E-state index >= 15 is 0 Å². The second-order valence-electron chi connectivity index (χ2n) is 5.51. The molecule has 0 saturated heterocycles. The molecule has 1 N–H and O–H groups in total. The van der Waals surface area contributed by atoms with Crippen molar-refractivity contribution in [1.82, 2.24) is 4.98 Å². The first-order valence-corrected chi connectivity index (χ1v) is 8.71. The van der Waals surface area contributed by atoms with Gasteiger partial charge in [-0.1, -0.05) is 19.4 Å². The smallest absolute Gasteiger partial charge is 0.257 e. The lowest BCUT2D eigenvalue weighted by Crippen LogP contribution is -2.11. The summed E-state index contributed by atoms with van der Waals surface area (Å²) in [6.07, 6.45) is 1.73. The zero-order valence-electron chi connectivity index (χ0n) is 13.6. The summed E-state index contributed by atoms with van der Waals surface area (Å²) >= 11 is 1.38. The van der Waals surface area contributed by atoms with Gasteiger partial charge < -0.3 is 0 Å². The van der Waals surface area contributed by atoms with Gasteiger partial charge in [0.05, 0.1) is 5.69 Å². The molecule has 0 aliphatic rings. The Morgan fingerprint density at radius 2 is 1.88 bits per heavy atom. The largest absolute Gasteiger partial charge is 0.298 e. The molecule has 6 heteroatoms. The molecule has 3 aromatic rings. The number of hydrogen-bond acceptors (Lipinski definition) is 3. The van der Waals surface area contributed by atoms with Gasteiger partial charge in [-0.25, -0.2) is 13.8 Å². The van der Waals surface area contributed by atoms with Gasteiger partial charge in [-0.05, 0) is 48.9 Å². The molecule has 0 fully saturated rings. The Kier molecular flexibility index (Phi) is 5.19. The number of rotatable bonds is 5. The summed E-state index contributed by atoms with van der Waals surface area (Å²) in [7, 11) is 0. The van der Waals surface area contributed by atoms with E-state index in [2.05, 4.69) is 17.2 Å². The molecule has 0 bridgehead atoms. The van der Waals surface area contributed by atoms with E-state index in [4.69, 9.17) is 0 Å². The van der Waals surface area contributed by atoms with Gasteiger partial charge in [0.2, 0.25) is 0 Å². The summed E-state index contributed by atoms with van der Waals surface area (Å²) in [5.74, 6) is -1.19. The predicted molar refractivity (Wildman–Crippen MR) is 95.9 cm³/mol. The first kappa shape index (κ1) is 17.2. The summed E-state index contributed by atoms with van der Waals surface area (Å²) in [5.41, 5.74) is 1.77. The Hall–Kier alpha value is -2.60. The number of carbonyl (C=O) groups excluding carboxylic acids is 1. The number of nitrogens with one attached hydrogen (secondary N) is 1. The van der Waals surface area contributed by atoms with E-state index in [1.54, 1.807) is 18.2 Å². The van der Waals surface area contributed by atoms with Gasteiger partial charge in [0.1, 0.15) is 11.6 Å². The summed E-state index contributed by atoms with van der Waals surface area (Å²) < 4.78 is 26.4. The van der Waals surface area contributed by atoms with Crippen molar-refractivity contribution in [3.63, 3.8) is 0 Å². The first-order chi connectivity index (χ1) is 12.1. The second kappa shape index (κ2) is 7.53. The summed E-state index contributed by atoms with van der Waals surface area (Å²) in [5, 5.41) is 3.16. The SMILES string of the molecule is CCCc1sc(NC(=O)c2cccc(F)c2)nc1-c1ccc(F)cc1. The minimum Gasteiger partial charge on any atom is -0.298 e. The number of halogens is 2. The third-order valence-electron chi connectivity index (χ3n) is 3.60. The summed E-state index contributed by atoms with van der Waals surface area (Å²) in [6, 6.07) is 11.6. The van der Waals surface area contributed by atoms with E-state index in [0.29, 0.717) is 5.13 Å². The molecule has 2 aromatic carbocycles. The molecule has 3 nitrogen and oxygen atoms in total. The molecule has 0 atom stereocenters. The van der Waals surface area contributed by atoms with Gasteiger partial charge in [-0.2, -0.15) is 0 Å². The molecule has 0 aliphatic carbocycles. The standard InChI is InChI=1S/C19H16F2N2OS/c1-2-4-16-17(12-7-9-14(20)10-8-12)22-19(25-16)23-18(24)13-5-3-6-15(21)11-13/h3,5-11H,2,4H2,1H3,(H,22,23,24). The maximum absolute atomic E-state index is 13.3. The normalized spacial score (nSPS) is 10.7. The molecule has 1 aromatic heterocycles. The quantitative estimate of drug-likeness (QED) is 0.673. The van der Waals surface area contributed by atoms with E-state index in [1.807, 2.05) is 0 Å². The number of carbonyl (C=O) groups is 1. The fraction of sp³-hybridized carbons (Fsp3) is 0.158. The van der Waals surface area contributed by atoms with Crippen molar-refractivity contribution in [2.24, 2.45) is 0 Å². The van der Waals surface area contributed by atoms with Crippen LogP contribution in [0.25, 0.3) is 11.3 Å². The number of aryl methyl sites for hydroxylation is 1. The Bertz CT molecular complexity index is 891. The highest BCUT2D eigenvalue weighted by molar-refractivity contribution is 7.16. The number of nitrogens with zero attached hydrogens (tertiary/aromatic N) is 1. The van der Waals surface area contributed by atoms with Crippen LogP contribution in [0.1, 0.15) is 28.6 Å². The van der Waals surface area contributed by atoms with Crippen molar-refractivity contribution in [3.05, 3.63) is 70.6 Å². The van der Waals surface area contributed by atoms with Crippen LogP contribution in [0.5, 0.6) is 0 Å². The molecule has 3 rings (SSSR count). The molecule has 1 heterocycles. The van der Waals surface area contributed by atoms with Crippen LogP contribution in [0, 0.1) is 11.6 Å². The van der Waals surface area contributed by atoms with Gasteiger partial charge in [0, 0.05) is 16.0 Å². The molecule has 0 spiro atoms.